The topological polar surface area (TPSA) is 96.0 Å². The van der Waals surface area contributed by atoms with Gasteiger partial charge >= 0.3 is 0 Å². The summed E-state index contributed by atoms with van der Waals surface area (Å²) in [5.41, 5.74) is 2.31. The van der Waals surface area contributed by atoms with E-state index in [0.29, 0.717) is 24.4 Å². The van der Waals surface area contributed by atoms with Crippen molar-refractivity contribution in [3.8, 4) is 5.75 Å². The summed E-state index contributed by atoms with van der Waals surface area (Å²) < 4.78 is 33.2. The number of methoxy groups -OCH3 is 1. The highest BCUT2D eigenvalue weighted by Gasteiger charge is 2.28. The Labute approximate surface area is 215 Å². The number of amides is 2. The van der Waals surface area contributed by atoms with E-state index in [2.05, 4.69) is 5.32 Å². The van der Waals surface area contributed by atoms with Gasteiger partial charge in [-0.05, 0) is 61.4 Å². The van der Waals surface area contributed by atoms with Crippen LogP contribution in [-0.2, 0) is 19.6 Å². The number of aryl methyl sites for hydroxylation is 1. The number of hydrogen-bond acceptors (Lipinski definition) is 5. The summed E-state index contributed by atoms with van der Waals surface area (Å²) in [4.78, 5) is 27.1. The van der Waals surface area contributed by atoms with Gasteiger partial charge in [-0.25, -0.2) is 8.42 Å². The number of nitrogens with zero attached hydrogens (tertiary/aromatic N) is 2. The molecule has 0 aliphatic carbocycles. The van der Waals surface area contributed by atoms with Gasteiger partial charge in [-0.2, -0.15) is 0 Å². The number of halogens is 1. The molecule has 1 fully saturated rings. The molecule has 1 N–H and O–H groups in total. The quantitative estimate of drug-likeness (QED) is 0.461. The molecular weight excluding hydrogens is 502 g/mol. The zero-order chi connectivity index (χ0) is 25.9. The molecule has 0 saturated carbocycles. The van der Waals surface area contributed by atoms with Gasteiger partial charge in [0.1, 0.15) is 12.3 Å². The van der Waals surface area contributed by atoms with E-state index in [1.807, 2.05) is 13.0 Å². The molecule has 2 amide bonds. The van der Waals surface area contributed by atoms with Gasteiger partial charge < -0.3 is 15.0 Å². The number of rotatable bonds is 8. The van der Waals surface area contributed by atoms with Gasteiger partial charge in [-0.1, -0.05) is 35.9 Å². The van der Waals surface area contributed by atoms with Gasteiger partial charge in [0.15, 0.2) is 0 Å². The molecule has 0 aromatic heterocycles. The zero-order valence-corrected chi connectivity index (χ0v) is 21.5. The van der Waals surface area contributed by atoms with Gasteiger partial charge in [0, 0.05) is 24.3 Å². The summed E-state index contributed by atoms with van der Waals surface area (Å²) in [6.45, 7) is 2.03. The third-order valence-electron chi connectivity index (χ3n) is 5.90. The van der Waals surface area contributed by atoms with Crippen molar-refractivity contribution < 1.29 is 22.7 Å². The fraction of sp³-hybridized carbons (Fsp3) is 0.231. The molecule has 1 aliphatic heterocycles. The minimum absolute atomic E-state index is 0.0370. The maximum atomic E-state index is 13.5. The molecule has 3 aromatic rings. The smallest absolute Gasteiger partial charge is 0.264 e. The Morgan fingerprint density at radius 1 is 1.11 bits per heavy atom. The minimum Gasteiger partial charge on any atom is -0.495 e. The number of carbonyl (C=O) groups excluding carboxylic acids is 2. The number of benzene rings is 3. The summed E-state index contributed by atoms with van der Waals surface area (Å²) in [6.07, 6.45) is 1.28. The summed E-state index contributed by atoms with van der Waals surface area (Å²) in [6, 6.07) is 17.6. The third kappa shape index (κ3) is 5.32. The highest BCUT2D eigenvalue weighted by molar-refractivity contribution is 7.92. The van der Waals surface area contributed by atoms with E-state index < -0.39 is 22.5 Å². The second-order valence-corrected chi connectivity index (χ2v) is 10.6. The lowest BCUT2D eigenvalue weighted by Crippen LogP contribution is -2.38. The molecule has 0 radical (unpaired) electrons. The zero-order valence-electron chi connectivity index (χ0n) is 19.9. The van der Waals surface area contributed by atoms with Crippen molar-refractivity contribution in [1.82, 2.24) is 0 Å². The summed E-state index contributed by atoms with van der Waals surface area (Å²) in [5.74, 6) is -0.132. The molecule has 3 aromatic carbocycles. The first kappa shape index (κ1) is 25.5. The van der Waals surface area contributed by atoms with Crippen LogP contribution in [0.4, 0.5) is 17.1 Å². The molecule has 36 heavy (non-hydrogen) atoms. The van der Waals surface area contributed by atoms with E-state index in [0.717, 1.165) is 22.0 Å². The Balaban J connectivity index is 1.64. The maximum Gasteiger partial charge on any atom is 0.264 e. The normalized spacial score (nSPS) is 13.5. The largest absolute Gasteiger partial charge is 0.495 e. The molecule has 1 heterocycles. The molecule has 4 rings (SSSR count). The third-order valence-corrected chi connectivity index (χ3v) is 7.98. The van der Waals surface area contributed by atoms with E-state index >= 15 is 0 Å². The van der Waals surface area contributed by atoms with E-state index in [4.69, 9.17) is 16.3 Å². The van der Waals surface area contributed by atoms with Crippen molar-refractivity contribution in [1.29, 1.82) is 0 Å². The number of hydrogen-bond donors (Lipinski definition) is 1. The molecule has 0 unspecified atom stereocenters. The van der Waals surface area contributed by atoms with Crippen molar-refractivity contribution in [2.24, 2.45) is 0 Å². The standard InChI is InChI=1S/C26H26ClN3O5S/c1-18-10-11-19(15-23(18)29-14-6-9-26(29)32)28-25(31)17-30(20-12-13-24(35-2)22(27)16-20)36(33,34)21-7-4-3-5-8-21/h3-5,7-8,10-13,15-16H,6,9,14,17H2,1-2H3,(H,28,31). The lowest BCUT2D eigenvalue weighted by molar-refractivity contribution is -0.117. The number of anilines is 3. The molecule has 188 valence electrons. The first-order valence-corrected chi connectivity index (χ1v) is 13.1. The van der Waals surface area contributed by atoms with Crippen LogP contribution in [0.1, 0.15) is 18.4 Å². The van der Waals surface area contributed by atoms with Crippen LogP contribution in [-0.4, -0.2) is 40.4 Å². The maximum absolute atomic E-state index is 13.5. The molecule has 8 nitrogen and oxygen atoms in total. The molecular formula is C26H26ClN3O5S. The highest BCUT2D eigenvalue weighted by atomic mass is 35.5. The SMILES string of the molecule is COc1ccc(N(CC(=O)Nc2ccc(C)c(N3CCCC3=O)c2)S(=O)(=O)c2ccccc2)cc1Cl. The van der Waals surface area contributed by atoms with E-state index in [1.54, 1.807) is 41.3 Å². The highest BCUT2D eigenvalue weighted by Crippen LogP contribution is 2.32. The van der Waals surface area contributed by atoms with Crippen molar-refractivity contribution in [3.63, 3.8) is 0 Å². The van der Waals surface area contributed by atoms with Crippen molar-refractivity contribution >= 4 is 50.5 Å². The summed E-state index contributed by atoms with van der Waals surface area (Å²) in [7, 11) is -2.64. The van der Waals surface area contributed by atoms with Crippen molar-refractivity contribution in [3.05, 3.63) is 77.3 Å². The monoisotopic (exact) mass is 527 g/mol. The van der Waals surface area contributed by atoms with Crippen LogP contribution in [0.5, 0.6) is 5.75 Å². The molecule has 0 bridgehead atoms. The van der Waals surface area contributed by atoms with Gasteiger partial charge in [0.25, 0.3) is 10.0 Å². The Bertz CT molecular complexity index is 1400. The van der Waals surface area contributed by atoms with Gasteiger partial charge in [0.05, 0.1) is 22.7 Å². The number of ether oxygens (including phenoxy) is 1. The molecule has 1 aliphatic rings. The Morgan fingerprint density at radius 3 is 2.50 bits per heavy atom. The second kappa shape index (κ2) is 10.6. The van der Waals surface area contributed by atoms with Crippen molar-refractivity contribution in [2.75, 3.05) is 34.7 Å². The van der Waals surface area contributed by atoms with Gasteiger partial charge in [-0.15, -0.1) is 0 Å². The minimum atomic E-state index is -4.09. The predicted octanol–water partition coefficient (Wildman–Crippen LogP) is 4.62. The van der Waals surface area contributed by atoms with E-state index in [9.17, 15) is 18.0 Å². The predicted molar refractivity (Wildman–Crippen MR) is 140 cm³/mol. The fourth-order valence-corrected chi connectivity index (χ4v) is 5.74. The van der Waals surface area contributed by atoms with Gasteiger partial charge in [-0.3, -0.25) is 13.9 Å². The number of nitrogens with one attached hydrogen (secondary N) is 1. The molecule has 1 saturated heterocycles. The molecule has 0 atom stereocenters. The molecule has 10 heteroatoms. The van der Waals surface area contributed by atoms with Crippen LogP contribution in [0.15, 0.2) is 71.6 Å². The lowest BCUT2D eigenvalue weighted by Gasteiger charge is -2.25. The van der Waals surface area contributed by atoms with Crippen LogP contribution in [0, 0.1) is 6.92 Å². The number of sulfonamides is 1. The van der Waals surface area contributed by atoms with Crippen LogP contribution in [0.25, 0.3) is 0 Å². The Morgan fingerprint density at radius 2 is 1.86 bits per heavy atom. The van der Waals surface area contributed by atoms with Gasteiger partial charge in [0.2, 0.25) is 11.8 Å². The lowest BCUT2D eigenvalue weighted by atomic mass is 10.1. The summed E-state index contributed by atoms with van der Waals surface area (Å²) in [5, 5.41) is 2.98. The first-order valence-electron chi connectivity index (χ1n) is 11.3. The molecule has 0 spiro atoms. The Hall–Kier alpha value is -3.56. The van der Waals surface area contributed by atoms with E-state index in [1.165, 1.54) is 31.4 Å². The second-order valence-electron chi connectivity index (χ2n) is 8.34. The van der Waals surface area contributed by atoms with Crippen molar-refractivity contribution in [2.45, 2.75) is 24.7 Å². The van der Waals surface area contributed by atoms with Crippen LogP contribution in [0.2, 0.25) is 5.02 Å². The fourth-order valence-electron chi connectivity index (χ4n) is 4.06. The average Bonchev–Trinajstić information content (AvgIpc) is 3.29. The van der Waals surface area contributed by atoms with Crippen LogP contribution in [0.3, 0.4) is 0 Å². The first-order chi connectivity index (χ1) is 17.2. The average molecular weight is 528 g/mol. The van der Waals surface area contributed by atoms with Crippen LogP contribution >= 0.6 is 11.6 Å². The summed E-state index contributed by atoms with van der Waals surface area (Å²) >= 11 is 6.26. The Kier molecular flexibility index (Phi) is 7.51. The van der Waals surface area contributed by atoms with Crippen LogP contribution < -0.4 is 19.3 Å². The van der Waals surface area contributed by atoms with E-state index in [-0.39, 0.29) is 21.5 Å². The number of carbonyl (C=O) groups is 2.